The monoisotopic (exact) mass is 184 g/mol. The molecule has 0 heterocycles. The van der Waals surface area contributed by atoms with Crippen molar-refractivity contribution in [3.05, 3.63) is 0 Å². The summed E-state index contributed by atoms with van der Waals surface area (Å²) in [5.41, 5.74) is -1.57. The van der Waals surface area contributed by atoms with Crippen molar-refractivity contribution in [3.63, 3.8) is 0 Å². The zero-order valence-electron chi connectivity index (χ0n) is 7.13. The largest absolute Gasteiger partial charge is 0.253 e. The third-order valence-corrected chi connectivity index (χ3v) is 2.50. The molecule has 1 saturated carbocycles. The average Bonchev–Trinajstić information content (AvgIpc) is 1.79. The van der Waals surface area contributed by atoms with Gasteiger partial charge in [0.25, 0.3) is 5.92 Å². The Morgan fingerprint density at radius 3 is 1.75 bits per heavy atom. The molecule has 0 bridgehead atoms. The van der Waals surface area contributed by atoms with Crippen molar-refractivity contribution in [1.29, 1.82) is 0 Å². The van der Waals surface area contributed by atoms with Crippen LogP contribution in [0.15, 0.2) is 0 Å². The molecule has 0 amide bonds. The summed E-state index contributed by atoms with van der Waals surface area (Å²) in [6.07, 6.45) is -2.11. The van der Waals surface area contributed by atoms with Crippen LogP contribution >= 0.6 is 0 Å². The van der Waals surface area contributed by atoms with Gasteiger partial charge < -0.3 is 0 Å². The maximum absolute atomic E-state index is 13.0. The molecule has 1 aliphatic carbocycles. The lowest BCUT2D eigenvalue weighted by Crippen LogP contribution is -2.46. The summed E-state index contributed by atoms with van der Waals surface area (Å²) < 4.78 is 51.4. The highest BCUT2D eigenvalue weighted by Crippen LogP contribution is 2.52. The molecule has 0 atom stereocenters. The molecule has 0 aromatic heterocycles. The SMILES string of the molecule is CC1(C)CC(F)(F)CCC1(F)F. The van der Waals surface area contributed by atoms with Crippen LogP contribution in [0.1, 0.15) is 33.1 Å². The van der Waals surface area contributed by atoms with Gasteiger partial charge in [0, 0.05) is 24.7 Å². The molecule has 0 nitrogen and oxygen atoms in total. The molecule has 0 N–H and O–H groups in total. The van der Waals surface area contributed by atoms with E-state index in [-0.39, 0.29) is 0 Å². The van der Waals surface area contributed by atoms with E-state index >= 15 is 0 Å². The molecular weight excluding hydrogens is 172 g/mol. The second-order valence-corrected chi connectivity index (χ2v) is 4.12. The highest BCUT2D eigenvalue weighted by atomic mass is 19.3. The van der Waals surface area contributed by atoms with Crippen molar-refractivity contribution < 1.29 is 17.6 Å². The quantitative estimate of drug-likeness (QED) is 0.505. The van der Waals surface area contributed by atoms with Gasteiger partial charge in [-0.2, -0.15) is 0 Å². The Kier molecular flexibility index (Phi) is 1.93. The fourth-order valence-electron chi connectivity index (χ4n) is 1.54. The molecule has 1 fully saturated rings. The van der Waals surface area contributed by atoms with E-state index in [1.165, 1.54) is 13.8 Å². The lowest BCUT2D eigenvalue weighted by molar-refractivity contribution is -0.198. The molecule has 4 heteroatoms. The van der Waals surface area contributed by atoms with Crippen molar-refractivity contribution >= 4 is 0 Å². The van der Waals surface area contributed by atoms with Gasteiger partial charge in [-0.1, -0.05) is 13.8 Å². The maximum Gasteiger partial charge on any atom is 0.253 e. The Morgan fingerprint density at radius 1 is 0.917 bits per heavy atom. The summed E-state index contributed by atoms with van der Waals surface area (Å²) in [5.74, 6) is -5.86. The summed E-state index contributed by atoms with van der Waals surface area (Å²) in [4.78, 5) is 0. The Balaban J connectivity index is 2.82. The van der Waals surface area contributed by atoms with Crippen LogP contribution in [0.25, 0.3) is 0 Å². The van der Waals surface area contributed by atoms with Gasteiger partial charge in [-0.3, -0.25) is 0 Å². The second-order valence-electron chi connectivity index (χ2n) is 4.12. The van der Waals surface area contributed by atoms with Gasteiger partial charge in [0.05, 0.1) is 0 Å². The molecule has 0 saturated heterocycles. The Bertz CT molecular complexity index is 183. The summed E-state index contributed by atoms with van der Waals surface area (Å²) in [6, 6.07) is 0. The molecule has 12 heavy (non-hydrogen) atoms. The van der Waals surface area contributed by atoms with E-state index in [0.29, 0.717) is 0 Å². The molecule has 72 valence electrons. The van der Waals surface area contributed by atoms with Crippen LogP contribution in [-0.4, -0.2) is 11.8 Å². The fraction of sp³-hybridized carbons (Fsp3) is 1.00. The maximum atomic E-state index is 13.0. The highest BCUT2D eigenvalue weighted by molar-refractivity contribution is 4.95. The third kappa shape index (κ3) is 1.57. The second kappa shape index (κ2) is 2.36. The van der Waals surface area contributed by atoms with Crippen molar-refractivity contribution in [2.24, 2.45) is 5.41 Å². The van der Waals surface area contributed by atoms with Gasteiger partial charge in [0.2, 0.25) is 5.92 Å². The lowest BCUT2D eigenvalue weighted by Gasteiger charge is -2.41. The first-order valence-corrected chi connectivity index (χ1v) is 3.92. The van der Waals surface area contributed by atoms with E-state index in [4.69, 9.17) is 0 Å². The zero-order chi connectivity index (χ0) is 9.62. The van der Waals surface area contributed by atoms with Crippen LogP contribution in [-0.2, 0) is 0 Å². The Labute approximate surface area is 69.0 Å². The van der Waals surface area contributed by atoms with Crippen LogP contribution in [0.4, 0.5) is 17.6 Å². The first-order valence-electron chi connectivity index (χ1n) is 3.92. The van der Waals surface area contributed by atoms with E-state index in [9.17, 15) is 17.6 Å². The van der Waals surface area contributed by atoms with Crippen LogP contribution in [0, 0.1) is 5.41 Å². The van der Waals surface area contributed by atoms with Crippen molar-refractivity contribution in [3.8, 4) is 0 Å². The molecule has 0 aromatic carbocycles. The van der Waals surface area contributed by atoms with Crippen molar-refractivity contribution in [2.45, 2.75) is 45.0 Å². The van der Waals surface area contributed by atoms with Crippen LogP contribution < -0.4 is 0 Å². The first-order chi connectivity index (χ1) is 5.16. The summed E-state index contributed by atoms with van der Waals surface area (Å²) in [6.45, 7) is 2.39. The number of halogens is 4. The molecular formula is C8H12F4. The number of hydrogen-bond donors (Lipinski definition) is 0. The molecule has 0 spiro atoms. The molecule has 0 unspecified atom stereocenters. The van der Waals surface area contributed by atoms with Crippen LogP contribution in [0.3, 0.4) is 0 Å². The van der Waals surface area contributed by atoms with Crippen LogP contribution in [0.5, 0.6) is 0 Å². The third-order valence-electron chi connectivity index (χ3n) is 2.50. The summed E-state index contributed by atoms with van der Waals surface area (Å²) in [5, 5.41) is 0. The van der Waals surface area contributed by atoms with Gasteiger partial charge >= 0.3 is 0 Å². The normalized spacial score (nSPS) is 31.5. The summed E-state index contributed by atoms with van der Waals surface area (Å²) >= 11 is 0. The molecule has 1 rings (SSSR count). The van der Waals surface area contributed by atoms with Gasteiger partial charge in [-0.05, 0) is 0 Å². The van der Waals surface area contributed by atoms with E-state index in [1.54, 1.807) is 0 Å². The average molecular weight is 184 g/mol. The lowest BCUT2D eigenvalue weighted by atomic mass is 9.72. The van der Waals surface area contributed by atoms with E-state index < -0.39 is 36.5 Å². The predicted octanol–water partition coefficient (Wildman–Crippen LogP) is 3.47. The van der Waals surface area contributed by atoms with E-state index in [0.717, 1.165) is 0 Å². The van der Waals surface area contributed by atoms with E-state index in [2.05, 4.69) is 0 Å². The minimum absolute atomic E-state index is 0.691. The minimum atomic E-state index is -2.95. The summed E-state index contributed by atoms with van der Waals surface area (Å²) in [7, 11) is 0. The smallest absolute Gasteiger partial charge is 0.207 e. The van der Waals surface area contributed by atoms with Crippen molar-refractivity contribution in [2.75, 3.05) is 0 Å². The molecule has 1 aliphatic rings. The fourth-order valence-corrected chi connectivity index (χ4v) is 1.54. The molecule has 0 aromatic rings. The highest BCUT2D eigenvalue weighted by Gasteiger charge is 2.56. The first kappa shape index (κ1) is 9.81. The molecule has 0 aliphatic heterocycles. The van der Waals surface area contributed by atoms with Gasteiger partial charge in [0.15, 0.2) is 0 Å². The van der Waals surface area contributed by atoms with Crippen molar-refractivity contribution in [1.82, 2.24) is 0 Å². The predicted molar refractivity (Wildman–Crippen MR) is 37.5 cm³/mol. The number of hydrogen-bond acceptors (Lipinski definition) is 0. The van der Waals surface area contributed by atoms with Gasteiger partial charge in [-0.15, -0.1) is 0 Å². The zero-order valence-corrected chi connectivity index (χ0v) is 7.13. The number of rotatable bonds is 0. The standard InChI is InChI=1S/C8H12F4/c1-6(2)5-7(9,10)3-4-8(6,11)12/h3-5H2,1-2H3. The molecule has 0 radical (unpaired) electrons. The Morgan fingerprint density at radius 2 is 1.42 bits per heavy atom. The topological polar surface area (TPSA) is 0 Å². The Hall–Kier alpha value is -0.280. The number of alkyl halides is 4. The van der Waals surface area contributed by atoms with Crippen LogP contribution in [0.2, 0.25) is 0 Å². The van der Waals surface area contributed by atoms with Gasteiger partial charge in [-0.25, -0.2) is 17.6 Å². The minimum Gasteiger partial charge on any atom is -0.207 e. The van der Waals surface area contributed by atoms with E-state index in [1.807, 2.05) is 0 Å². The van der Waals surface area contributed by atoms with Gasteiger partial charge in [0.1, 0.15) is 0 Å².